The van der Waals surface area contributed by atoms with Gasteiger partial charge in [-0.25, -0.2) is 13.8 Å². The smallest absolute Gasteiger partial charge is 0.296 e. The Morgan fingerprint density at radius 1 is 1.44 bits per heavy atom. The second-order valence-electron chi connectivity index (χ2n) is 5.88. The van der Waals surface area contributed by atoms with Crippen molar-refractivity contribution in [2.75, 3.05) is 26.8 Å². The molecule has 1 aromatic carbocycles. The largest absolute Gasteiger partial charge is 0.377 e. The van der Waals surface area contributed by atoms with Crippen molar-refractivity contribution in [1.29, 1.82) is 5.41 Å². The summed E-state index contributed by atoms with van der Waals surface area (Å²) < 4.78 is 33.8. The zero-order chi connectivity index (χ0) is 18.0. The number of imidazole rings is 1. The fraction of sp³-hybridized carbons (Fsp3) is 0.412. The number of amidine groups is 1. The standard InChI is InChI=1S/C17H21F2N5O/c1-11-10-25-8-7-23(11)14(20)9-15(21-2)24-13-6-4-3-5-12(13)22-17(24)16(18)19/h3-6,9,11,16,20-21H,7-8,10H2,1-2H3/t11-/m1/s1. The molecule has 0 aliphatic carbocycles. The highest BCUT2D eigenvalue weighted by Crippen LogP contribution is 2.26. The van der Waals surface area contributed by atoms with E-state index < -0.39 is 6.43 Å². The Morgan fingerprint density at radius 3 is 2.88 bits per heavy atom. The summed E-state index contributed by atoms with van der Waals surface area (Å²) in [6.45, 7) is 3.66. The number of morpholine rings is 1. The average Bonchev–Trinajstić information content (AvgIpc) is 2.99. The van der Waals surface area contributed by atoms with Crippen molar-refractivity contribution in [2.24, 2.45) is 0 Å². The zero-order valence-corrected chi connectivity index (χ0v) is 14.2. The normalized spacial score (nSPS) is 18.8. The fourth-order valence-electron chi connectivity index (χ4n) is 2.99. The molecule has 2 N–H and O–H groups in total. The van der Waals surface area contributed by atoms with E-state index in [9.17, 15) is 8.78 Å². The van der Waals surface area contributed by atoms with Crippen LogP contribution in [0, 0.1) is 5.41 Å². The summed E-state index contributed by atoms with van der Waals surface area (Å²) in [5.41, 5.74) is 1.06. The average molecular weight is 349 g/mol. The van der Waals surface area contributed by atoms with Gasteiger partial charge in [0.25, 0.3) is 6.43 Å². The Balaban J connectivity index is 2.04. The summed E-state index contributed by atoms with van der Waals surface area (Å²) in [6, 6.07) is 7.03. The van der Waals surface area contributed by atoms with Crippen molar-refractivity contribution in [1.82, 2.24) is 19.8 Å². The molecule has 0 bridgehead atoms. The second kappa shape index (κ2) is 7.18. The van der Waals surface area contributed by atoms with Crippen molar-refractivity contribution in [3.63, 3.8) is 0 Å². The Labute approximate surface area is 144 Å². The van der Waals surface area contributed by atoms with Gasteiger partial charge in [0, 0.05) is 19.7 Å². The molecule has 8 heteroatoms. The van der Waals surface area contributed by atoms with E-state index in [1.165, 1.54) is 4.57 Å². The molecule has 25 heavy (non-hydrogen) atoms. The molecule has 0 saturated carbocycles. The van der Waals surface area contributed by atoms with Gasteiger partial charge in [-0.2, -0.15) is 0 Å². The van der Waals surface area contributed by atoms with Crippen molar-refractivity contribution < 1.29 is 13.5 Å². The molecular weight excluding hydrogens is 328 g/mol. The number of nitrogens with one attached hydrogen (secondary N) is 2. The lowest BCUT2D eigenvalue weighted by molar-refractivity contribution is 0.0333. The molecule has 1 aliphatic heterocycles. The van der Waals surface area contributed by atoms with Crippen LogP contribution in [0.15, 0.2) is 30.3 Å². The molecule has 0 spiro atoms. The Morgan fingerprint density at radius 2 is 2.20 bits per heavy atom. The number of aromatic nitrogens is 2. The molecule has 3 rings (SSSR count). The van der Waals surface area contributed by atoms with Gasteiger partial charge in [0.05, 0.1) is 30.3 Å². The molecule has 0 unspecified atom stereocenters. The van der Waals surface area contributed by atoms with Crippen LogP contribution in [-0.4, -0.2) is 53.1 Å². The van der Waals surface area contributed by atoms with E-state index in [1.54, 1.807) is 37.4 Å². The van der Waals surface area contributed by atoms with Crippen LogP contribution >= 0.6 is 0 Å². The van der Waals surface area contributed by atoms with E-state index in [2.05, 4.69) is 10.3 Å². The lowest BCUT2D eigenvalue weighted by atomic mass is 10.2. The van der Waals surface area contributed by atoms with Gasteiger partial charge >= 0.3 is 0 Å². The van der Waals surface area contributed by atoms with Gasteiger partial charge in [0.15, 0.2) is 5.82 Å². The number of para-hydroxylation sites is 2. The predicted octanol–water partition coefficient (Wildman–Crippen LogP) is 2.69. The number of nitrogens with zero attached hydrogens (tertiary/aromatic N) is 3. The maximum Gasteiger partial charge on any atom is 0.296 e. The van der Waals surface area contributed by atoms with E-state index in [1.807, 2.05) is 11.8 Å². The maximum absolute atomic E-state index is 13.5. The maximum atomic E-state index is 13.5. The van der Waals surface area contributed by atoms with E-state index in [4.69, 9.17) is 10.1 Å². The van der Waals surface area contributed by atoms with Crippen LogP contribution in [0.5, 0.6) is 0 Å². The molecule has 0 radical (unpaired) electrons. The molecule has 1 aliphatic rings. The number of alkyl halides is 2. The lowest BCUT2D eigenvalue weighted by Crippen LogP contribution is -2.46. The van der Waals surface area contributed by atoms with Gasteiger partial charge in [-0.05, 0) is 19.1 Å². The van der Waals surface area contributed by atoms with E-state index in [0.717, 1.165) is 0 Å². The minimum absolute atomic E-state index is 0.0599. The summed E-state index contributed by atoms with van der Waals surface area (Å²) in [5, 5.41) is 11.3. The highest BCUT2D eigenvalue weighted by molar-refractivity contribution is 5.96. The minimum Gasteiger partial charge on any atom is -0.377 e. The first-order valence-electron chi connectivity index (χ1n) is 8.11. The van der Waals surface area contributed by atoms with Crippen LogP contribution in [0.2, 0.25) is 0 Å². The molecule has 134 valence electrons. The van der Waals surface area contributed by atoms with Crippen LogP contribution in [-0.2, 0) is 4.74 Å². The summed E-state index contributed by atoms with van der Waals surface area (Å²) in [5.74, 6) is 0.287. The van der Waals surface area contributed by atoms with Crippen LogP contribution in [0.4, 0.5) is 8.78 Å². The molecule has 1 saturated heterocycles. The first-order valence-corrected chi connectivity index (χ1v) is 8.11. The fourth-order valence-corrected chi connectivity index (χ4v) is 2.99. The molecular formula is C17H21F2N5O. The Kier molecular flexibility index (Phi) is 4.98. The molecule has 1 atom stereocenters. The monoisotopic (exact) mass is 349 g/mol. The Bertz CT molecular complexity index is 801. The predicted molar refractivity (Wildman–Crippen MR) is 92.7 cm³/mol. The molecule has 2 heterocycles. The first-order chi connectivity index (χ1) is 12.0. The van der Waals surface area contributed by atoms with E-state index >= 15 is 0 Å². The quantitative estimate of drug-likeness (QED) is 0.658. The van der Waals surface area contributed by atoms with Crippen LogP contribution < -0.4 is 5.32 Å². The number of rotatable bonds is 4. The Hall–Kier alpha value is -2.48. The number of hydrogen-bond donors (Lipinski definition) is 2. The molecule has 0 amide bonds. The summed E-state index contributed by atoms with van der Waals surface area (Å²) >= 11 is 0. The third kappa shape index (κ3) is 3.34. The summed E-state index contributed by atoms with van der Waals surface area (Å²) in [4.78, 5) is 5.93. The minimum atomic E-state index is -2.72. The lowest BCUT2D eigenvalue weighted by Gasteiger charge is -2.34. The van der Waals surface area contributed by atoms with Crippen LogP contribution in [0.3, 0.4) is 0 Å². The molecule has 2 aromatic rings. The van der Waals surface area contributed by atoms with Crippen molar-refractivity contribution >= 4 is 22.7 Å². The van der Waals surface area contributed by atoms with Crippen LogP contribution in [0.1, 0.15) is 19.2 Å². The van der Waals surface area contributed by atoms with Gasteiger partial charge in [-0.1, -0.05) is 12.1 Å². The van der Waals surface area contributed by atoms with Gasteiger partial charge in [-0.15, -0.1) is 0 Å². The number of fused-ring (bicyclic) bond motifs is 1. The second-order valence-corrected chi connectivity index (χ2v) is 5.88. The summed E-state index contributed by atoms with van der Waals surface area (Å²) in [7, 11) is 1.64. The zero-order valence-electron chi connectivity index (χ0n) is 14.2. The van der Waals surface area contributed by atoms with Crippen molar-refractivity contribution in [3.8, 4) is 0 Å². The number of hydrogen-bond acceptors (Lipinski definition) is 4. The number of benzene rings is 1. The van der Waals surface area contributed by atoms with Gasteiger partial charge in [0.1, 0.15) is 11.7 Å². The molecule has 1 fully saturated rings. The van der Waals surface area contributed by atoms with Crippen LogP contribution in [0.25, 0.3) is 16.9 Å². The molecule has 1 aromatic heterocycles. The first kappa shape index (κ1) is 17.3. The van der Waals surface area contributed by atoms with Crippen molar-refractivity contribution in [3.05, 3.63) is 36.2 Å². The number of ether oxygens (including phenoxy) is 1. The highest BCUT2D eigenvalue weighted by Gasteiger charge is 2.23. The third-order valence-corrected chi connectivity index (χ3v) is 4.23. The highest BCUT2D eigenvalue weighted by atomic mass is 19.3. The topological polar surface area (TPSA) is 66.2 Å². The van der Waals surface area contributed by atoms with Gasteiger partial charge < -0.3 is 15.0 Å². The molecule has 6 nitrogen and oxygen atoms in total. The third-order valence-electron chi connectivity index (χ3n) is 4.23. The van der Waals surface area contributed by atoms with E-state index in [0.29, 0.717) is 36.6 Å². The van der Waals surface area contributed by atoms with Gasteiger partial charge in [0.2, 0.25) is 0 Å². The number of halogens is 2. The van der Waals surface area contributed by atoms with Gasteiger partial charge in [-0.3, -0.25) is 9.98 Å². The summed E-state index contributed by atoms with van der Waals surface area (Å²) in [6.07, 6.45) is -1.16. The van der Waals surface area contributed by atoms with Crippen molar-refractivity contribution in [2.45, 2.75) is 19.4 Å². The van der Waals surface area contributed by atoms with E-state index in [-0.39, 0.29) is 17.7 Å². The SMILES string of the molecule is CNC(=CC(=N)N1CCOC[C@H]1C)n1c(C(F)F)nc2ccccc21.